The van der Waals surface area contributed by atoms with E-state index in [0.29, 0.717) is 18.1 Å². The number of carbonyl (C=O) groups is 1. The van der Waals surface area contributed by atoms with E-state index >= 15 is 0 Å². The van der Waals surface area contributed by atoms with E-state index in [9.17, 15) is 9.18 Å². The summed E-state index contributed by atoms with van der Waals surface area (Å²) < 4.78 is 23.7. The van der Waals surface area contributed by atoms with E-state index in [1.54, 1.807) is 19.2 Å². The lowest BCUT2D eigenvalue weighted by Gasteiger charge is -2.41. The second-order valence-corrected chi connectivity index (χ2v) is 7.12. The average molecular weight is 346 g/mol. The van der Waals surface area contributed by atoms with Crippen molar-refractivity contribution in [2.24, 2.45) is 0 Å². The summed E-state index contributed by atoms with van der Waals surface area (Å²) >= 11 is 0. The molecule has 2 aromatic rings. The van der Waals surface area contributed by atoms with E-state index in [1.165, 1.54) is 12.1 Å². The van der Waals surface area contributed by atoms with Gasteiger partial charge in [0.25, 0.3) is 0 Å². The predicted molar refractivity (Wildman–Crippen MR) is 92.3 cm³/mol. The van der Waals surface area contributed by atoms with E-state index in [4.69, 9.17) is 9.26 Å². The lowest BCUT2D eigenvalue weighted by Crippen LogP contribution is -2.53. The van der Waals surface area contributed by atoms with Crippen LogP contribution in [-0.4, -0.2) is 37.2 Å². The molecule has 1 aliphatic heterocycles. The van der Waals surface area contributed by atoms with Crippen LogP contribution in [0.2, 0.25) is 0 Å². The second kappa shape index (κ2) is 6.96. The van der Waals surface area contributed by atoms with Crippen LogP contribution in [0, 0.1) is 5.82 Å². The Morgan fingerprint density at radius 1 is 1.40 bits per heavy atom. The standard InChI is InChI=1S/C19H23FN2O3/c1-19(2,12-24-3)18-11-14(21-25-18)10-17(23)16-8-9-22(16)15-6-4-13(20)5-7-15/h4-7,11,16H,8-10,12H2,1-3H3/t16-/m0/s1. The molecule has 2 heterocycles. The molecule has 1 fully saturated rings. The van der Waals surface area contributed by atoms with Gasteiger partial charge in [-0.15, -0.1) is 0 Å². The van der Waals surface area contributed by atoms with Gasteiger partial charge in [0.15, 0.2) is 5.78 Å². The summed E-state index contributed by atoms with van der Waals surface area (Å²) in [4.78, 5) is 14.6. The van der Waals surface area contributed by atoms with Crippen LogP contribution in [0.5, 0.6) is 0 Å². The Kier molecular flexibility index (Phi) is 4.90. The number of ether oxygens (including phenoxy) is 1. The fourth-order valence-corrected chi connectivity index (χ4v) is 3.11. The number of halogens is 1. The van der Waals surface area contributed by atoms with Crippen LogP contribution in [0.4, 0.5) is 10.1 Å². The maximum atomic E-state index is 13.1. The largest absolute Gasteiger partial charge is 0.384 e. The lowest BCUT2D eigenvalue weighted by atomic mass is 9.90. The summed E-state index contributed by atoms with van der Waals surface area (Å²) in [6.45, 7) is 5.32. The van der Waals surface area contributed by atoms with Crippen molar-refractivity contribution in [1.29, 1.82) is 0 Å². The van der Waals surface area contributed by atoms with Crippen LogP contribution >= 0.6 is 0 Å². The van der Waals surface area contributed by atoms with Crippen LogP contribution in [0.1, 0.15) is 31.7 Å². The van der Waals surface area contributed by atoms with Crippen molar-refractivity contribution in [3.8, 4) is 0 Å². The van der Waals surface area contributed by atoms with E-state index in [2.05, 4.69) is 5.16 Å². The molecule has 6 heteroatoms. The molecule has 1 aromatic heterocycles. The van der Waals surface area contributed by atoms with Gasteiger partial charge in [-0.1, -0.05) is 19.0 Å². The molecular weight excluding hydrogens is 323 g/mol. The molecular formula is C19H23FN2O3. The lowest BCUT2D eigenvalue weighted by molar-refractivity contribution is -0.120. The molecule has 5 nitrogen and oxygen atoms in total. The van der Waals surface area contributed by atoms with Crippen molar-refractivity contribution in [2.75, 3.05) is 25.2 Å². The smallest absolute Gasteiger partial charge is 0.161 e. The van der Waals surface area contributed by atoms with Crippen LogP contribution in [0.3, 0.4) is 0 Å². The van der Waals surface area contributed by atoms with Crippen LogP contribution < -0.4 is 4.90 Å². The number of Topliss-reactive ketones (excluding diaryl/α,β-unsaturated/α-hetero) is 1. The van der Waals surface area contributed by atoms with Gasteiger partial charge in [-0.2, -0.15) is 0 Å². The molecule has 1 saturated heterocycles. The Bertz CT molecular complexity index is 739. The molecule has 3 rings (SSSR count). The van der Waals surface area contributed by atoms with E-state index < -0.39 is 0 Å². The molecule has 1 atom stereocenters. The number of benzene rings is 1. The Morgan fingerprint density at radius 3 is 2.72 bits per heavy atom. The topological polar surface area (TPSA) is 55.6 Å². The molecule has 0 amide bonds. The first-order chi connectivity index (χ1) is 11.9. The van der Waals surface area contributed by atoms with Crippen molar-refractivity contribution in [1.82, 2.24) is 5.16 Å². The first kappa shape index (κ1) is 17.6. The quantitative estimate of drug-likeness (QED) is 0.771. The van der Waals surface area contributed by atoms with E-state index in [0.717, 1.165) is 18.7 Å². The number of ketones is 1. The van der Waals surface area contributed by atoms with Gasteiger partial charge in [0.1, 0.15) is 11.6 Å². The molecule has 0 aliphatic carbocycles. The van der Waals surface area contributed by atoms with Gasteiger partial charge >= 0.3 is 0 Å². The van der Waals surface area contributed by atoms with Gasteiger partial charge in [0.2, 0.25) is 0 Å². The molecule has 0 unspecified atom stereocenters. The minimum atomic E-state index is -0.292. The van der Waals surface area contributed by atoms with Gasteiger partial charge < -0.3 is 14.2 Å². The number of hydrogen-bond acceptors (Lipinski definition) is 5. The molecule has 0 spiro atoms. The zero-order valence-corrected chi connectivity index (χ0v) is 14.8. The summed E-state index contributed by atoms with van der Waals surface area (Å²) in [7, 11) is 1.64. The number of hydrogen-bond donors (Lipinski definition) is 0. The maximum Gasteiger partial charge on any atom is 0.161 e. The third-order valence-corrected chi connectivity index (χ3v) is 4.64. The summed E-state index contributed by atoms with van der Waals surface area (Å²) in [5.74, 6) is 0.530. The Labute approximate surface area is 146 Å². The van der Waals surface area contributed by atoms with Crippen molar-refractivity contribution >= 4 is 11.5 Å². The normalized spacial score (nSPS) is 17.4. The highest BCUT2D eigenvalue weighted by Gasteiger charge is 2.35. The minimum Gasteiger partial charge on any atom is -0.384 e. The highest BCUT2D eigenvalue weighted by Crippen LogP contribution is 2.29. The Morgan fingerprint density at radius 2 is 2.12 bits per heavy atom. The van der Waals surface area contributed by atoms with Crippen LogP contribution in [-0.2, 0) is 21.4 Å². The monoisotopic (exact) mass is 346 g/mol. The first-order valence-electron chi connectivity index (χ1n) is 8.40. The molecule has 0 saturated carbocycles. The number of methoxy groups -OCH3 is 1. The van der Waals surface area contributed by atoms with Gasteiger partial charge in [0.05, 0.1) is 24.8 Å². The van der Waals surface area contributed by atoms with Gasteiger partial charge in [0, 0.05) is 30.8 Å². The number of aromatic nitrogens is 1. The average Bonchev–Trinajstić information content (AvgIpc) is 2.97. The fraction of sp³-hybridized carbons (Fsp3) is 0.474. The summed E-state index contributed by atoms with van der Waals surface area (Å²) in [5, 5.41) is 4.04. The van der Waals surface area contributed by atoms with Crippen molar-refractivity contribution in [3.05, 3.63) is 47.6 Å². The molecule has 0 radical (unpaired) electrons. The molecule has 1 aromatic carbocycles. The van der Waals surface area contributed by atoms with Crippen molar-refractivity contribution in [3.63, 3.8) is 0 Å². The van der Waals surface area contributed by atoms with E-state index in [-0.39, 0.29) is 29.5 Å². The summed E-state index contributed by atoms with van der Waals surface area (Å²) in [6, 6.07) is 7.88. The number of carbonyl (C=O) groups excluding carboxylic acids is 1. The summed E-state index contributed by atoms with van der Waals surface area (Å²) in [6.07, 6.45) is 1.03. The zero-order valence-electron chi connectivity index (χ0n) is 14.8. The third-order valence-electron chi connectivity index (χ3n) is 4.64. The zero-order chi connectivity index (χ0) is 18.0. The molecule has 25 heavy (non-hydrogen) atoms. The van der Waals surface area contributed by atoms with E-state index in [1.807, 2.05) is 24.8 Å². The highest BCUT2D eigenvalue weighted by atomic mass is 19.1. The van der Waals surface area contributed by atoms with Crippen LogP contribution in [0.25, 0.3) is 0 Å². The Hall–Kier alpha value is -2.21. The van der Waals surface area contributed by atoms with Crippen molar-refractivity contribution < 1.29 is 18.4 Å². The van der Waals surface area contributed by atoms with Gasteiger partial charge in [-0.3, -0.25) is 4.79 Å². The second-order valence-electron chi connectivity index (χ2n) is 7.12. The molecule has 0 N–H and O–H groups in total. The highest BCUT2D eigenvalue weighted by molar-refractivity contribution is 5.90. The SMILES string of the molecule is COCC(C)(C)c1cc(CC(=O)[C@@H]2CCN2c2ccc(F)cc2)no1. The first-order valence-corrected chi connectivity index (χ1v) is 8.40. The maximum absolute atomic E-state index is 13.1. The molecule has 0 bridgehead atoms. The van der Waals surface area contributed by atoms with Crippen molar-refractivity contribution in [2.45, 2.75) is 38.1 Å². The summed E-state index contributed by atoms with van der Waals surface area (Å²) in [5.41, 5.74) is 1.21. The third kappa shape index (κ3) is 3.74. The molecule has 134 valence electrons. The number of rotatable bonds is 7. The van der Waals surface area contributed by atoms with Gasteiger partial charge in [-0.05, 0) is 30.7 Å². The van der Waals surface area contributed by atoms with Gasteiger partial charge in [-0.25, -0.2) is 4.39 Å². The number of anilines is 1. The number of nitrogens with zero attached hydrogens (tertiary/aromatic N) is 2. The van der Waals surface area contributed by atoms with Crippen LogP contribution in [0.15, 0.2) is 34.9 Å². The predicted octanol–water partition coefficient (Wildman–Crippen LogP) is 3.13. The Balaban J connectivity index is 1.65. The fourth-order valence-electron chi connectivity index (χ4n) is 3.11. The molecule has 1 aliphatic rings. The minimum absolute atomic E-state index is 0.0972.